The van der Waals surface area contributed by atoms with Crippen LogP contribution in [0.4, 0.5) is 0 Å². The smallest absolute Gasteiger partial charge is 0.226 e. The maximum Gasteiger partial charge on any atom is 0.245 e. The summed E-state index contributed by atoms with van der Waals surface area (Å²) in [6.45, 7) is 3.17. The van der Waals surface area contributed by atoms with Gasteiger partial charge in [-0.25, -0.2) is 18.3 Å². The largest absolute Gasteiger partial charge is 0.245 e. The van der Waals surface area contributed by atoms with Crippen molar-refractivity contribution in [3.05, 3.63) is 229 Å². The first-order chi connectivity index (χ1) is 31.7. The van der Waals surface area contributed by atoms with Gasteiger partial charge in [-0.3, -0.25) is 0 Å². The molecule has 4 nitrogen and oxygen atoms in total. The van der Waals surface area contributed by atoms with E-state index >= 15 is 0 Å². The van der Waals surface area contributed by atoms with E-state index in [1.54, 1.807) is 0 Å². The number of para-hydroxylation sites is 4. The average Bonchev–Trinajstić information content (AvgIpc) is 3.86. The molecule has 64 heavy (non-hydrogen) atoms. The third-order valence-corrected chi connectivity index (χ3v) is 14.1. The SMILES string of the molecule is c1cc2ccc3cccc4c(Cn5c[n+](Cc6ccc7ccc(C[n+]8cn(Cc9cc%10cccc%11ccc%12cccc9c%12c%11%10)c9ccccc98)cc7c6)c6ccccc65)cc(c1)c2c34. The number of fused-ring (bicyclic) bond motifs is 3. The molecule has 0 bridgehead atoms. The predicted molar refractivity (Wildman–Crippen MR) is 265 cm³/mol. The molecule has 0 aliphatic carbocycles. The third kappa shape index (κ3) is 5.49. The van der Waals surface area contributed by atoms with Gasteiger partial charge in [-0.1, -0.05) is 146 Å². The lowest BCUT2D eigenvalue weighted by atomic mass is 9.91. The molecule has 0 atom stereocenters. The van der Waals surface area contributed by atoms with E-state index in [4.69, 9.17) is 0 Å². The molecule has 0 amide bonds. The van der Waals surface area contributed by atoms with Gasteiger partial charge in [-0.15, -0.1) is 0 Å². The summed E-state index contributed by atoms with van der Waals surface area (Å²) >= 11 is 0. The molecule has 0 aliphatic rings. The first-order valence-corrected chi connectivity index (χ1v) is 22.4. The van der Waals surface area contributed by atoms with E-state index in [9.17, 15) is 0 Å². The van der Waals surface area contributed by atoms with E-state index in [0.717, 1.165) is 26.2 Å². The van der Waals surface area contributed by atoms with E-state index in [0.29, 0.717) is 0 Å². The monoisotopic (exact) mass is 818 g/mol. The molecule has 0 N–H and O–H groups in total. The fraction of sp³-hybridized carbons (Fsp3) is 0.0667. The van der Waals surface area contributed by atoms with Gasteiger partial charge < -0.3 is 0 Å². The Balaban J connectivity index is 0.789. The molecule has 0 aliphatic heterocycles. The van der Waals surface area contributed by atoms with Crippen LogP contribution >= 0.6 is 0 Å². The lowest BCUT2D eigenvalue weighted by Gasteiger charge is -2.14. The summed E-state index contributed by atoms with van der Waals surface area (Å²) in [5.41, 5.74) is 10.2. The average molecular weight is 819 g/mol. The van der Waals surface area contributed by atoms with Crippen molar-refractivity contribution in [3.63, 3.8) is 0 Å². The van der Waals surface area contributed by atoms with Gasteiger partial charge >= 0.3 is 0 Å². The van der Waals surface area contributed by atoms with Gasteiger partial charge in [0.1, 0.15) is 26.2 Å². The zero-order chi connectivity index (χ0) is 41.9. The lowest BCUT2D eigenvalue weighted by molar-refractivity contribution is -0.663. The summed E-state index contributed by atoms with van der Waals surface area (Å²) in [7, 11) is 0. The van der Waals surface area contributed by atoms with E-state index in [1.807, 2.05) is 0 Å². The predicted octanol–water partition coefficient (Wildman–Crippen LogP) is 13.3. The van der Waals surface area contributed by atoms with Crippen LogP contribution in [0.25, 0.3) is 97.5 Å². The topological polar surface area (TPSA) is 17.6 Å². The summed E-state index contributed by atoms with van der Waals surface area (Å²) < 4.78 is 9.71. The molecule has 14 aromatic rings. The van der Waals surface area contributed by atoms with Crippen molar-refractivity contribution in [3.8, 4) is 0 Å². The van der Waals surface area contributed by atoms with Crippen LogP contribution in [-0.2, 0) is 26.2 Å². The van der Waals surface area contributed by atoms with E-state index in [2.05, 4.69) is 225 Å². The second-order valence-corrected chi connectivity index (χ2v) is 17.9. The van der Waals surface area contributed by atoms with E-state index < -0.39 is 0 Å². The Labute approximate surface area is 369 Å². The van der Waals surface area contributed by atoms with Crippen molar-refractivity contribution in [2.24, 2.45) is 0 Å². The number of imidazole rings is 2. The van der Waals surface area contributed by atoms with Crippen molar-refractivity contribution < 1.29 is 9.13 Å². The fourth-order valence-electron chi connectivity index (χ4n) is 11.2. The Morgan fingerprint density at radius 2 is 0.719 bits per heavy atom. The highest BCUT2D eigenvalue weighted by Crippen LogP contribution is 2.38. The molecule has 0 unspecified atom stereocenters. The normalized spacial score (nSPS) is 12.3. The summed E-state index contributed by atoms with van der Waals surface area (Å²) in [5, 5.41) is 18.5. The van der Waals surface area contributed by atoms with Crippen LogP contribution < -0.4 is 9.13 Å². The minimum absolute atomic E-state index is 0.787. The highest BCUT2D eigenvalue weighted by Gasteiger charge is 2.21. The van der Waals surface area contributed by atoms with Gasteiger partial charge in [-0.05, 0) is 135 Å². The van der Waals surface area contributed by atoms with Gasteiger partial charge in [-0.2, -0.15) is 0 Å². The summed E-state index contributed by atoms with van der Waals surface area (Å²) in [6, 6.07) is 72.4. The Kier molecular flexibility index (Phi) is 7.61. The molecule has 300 valence electrons. The minimum Gasteiger partial charge on any atom is -0.226 e. The van der Waals surface area contributed by atoms with Crippen molar-refractivity contribution in [2.75, 3.05) is 0 Å². The Bertz CT molecular complexity index is 3890. The molecule has 0 fully saturated rings. The van der Waals surface area contributed by atoms with Crippen molar-refractivity contribution in [1.82, 2.24) is 9.13 Å². The summed E-state index contributed by atoms with van der Waals surface area (Å²) in [5.74, 6) is 0. The first kappa shape index (κ1) is 35.5. The molecule has 2 aromatic heterocycles. The molecule has 0 spiro atoms. The molecular formula is C60H42N4+2. The second kappa shape index (κ2) is 13.7. The Morgan fingerprint density at radius 3 is 1.20 bits per heavy atom. The number of hydrogen-bond acceptors (Lipinski definition) is 0. The highest BCUT2D eigenvalue weighted by atomic mass is 15.1. The molecule has 0 radical (unpaired) electrons. The third-order valence-electron chi connectivity index (χ3n) is 14.1. The Hall–Kier alpha value is -8.08. The highest BCUT2D eigenvalue weighted by molar-refractivity contribution is 6.25. The van der Waals surface area contributed by atoms with E-state index in [1.165, 1.54) is 120 Å². The van der Waals surface area contributed by atoms with Gasteiger partial charge in [0.2, 0.25) is 12.7 Å². The van der Waals surface area contributed by atoms with Crippen molar-refractivity contribution >= 4 is 97.5 Å². The number of aromatic nitrogens is 4. The molecule has 4 heteroatoms. The lowest BCUT2D eigenvalue weighted by Crippen LogP contribution is -2.33. The Morgan fingerprint density at radius 1 is 0.312 bits per heavy atom. The van der Waals surface area contributed by atoms with Crippen molar-refractivity contribution in [2.45, 2.75) is 26.2 Å². The number of benzene rings is 12. The quantitative estimate of drug-likeness (QED) is 0.107. The minimum atomic E-state index is 0.787. The number of hydrogen-bond donors (Lipinski definition) is 0. The van der Waals surface area contributed by atoms with Crippen LogP contribution in [-0.4, -0.2) is 9.13 Å². The standard InChI is InChI=1S/C60H42N4/c1-3-19-55-53(17-1)61(37-63(55)35-49-31-46-13-5-9-42-25-27-44-11-7-15-51(49)59(44)57(42)46)33-39-21-23-41-24-22-40(30-48(41)29-39)34-62-38-64(56-20-4-2-18-54(56)62)36-50-32-47-14-6-10-43-26-28-45-12-8-16-52(50)60(45)58(43)47/h1-32,37-38H,33-36H2/q+2. The maximum absolute atomic E-state index is 2.44. The van der Waals surface area contributed by atoms with Crippen LogP contribution in [0.5, 0.6) is 0 Å². The molecular weight excluding hydrogens is 777 g/mol. The maximum atomic E-state index is 2.44. The molecule has 0 saturated heterocycles. The fourth-order valence-corrected chi connectivity index (χ4v) is 11.2. The van der Waals surface area contributed by atoms with E-state index in [-0.39, 0.29) is 0 Å². The zero-order valence-corrected chi connectivity index (χ0v) is 35.2. The number of nitrogens with zero attached hydrogens (tertiary/aromatic N) is 4. The van der Waals surface area contributed by atoms with Crippen LogP contribution in [0, 0.1) is 0 Å². The van der Waals surface area contributed by atoms with Crippen LogP contribution in [0.2, 0.25) is 0 Å². The molecule has 12 aromatic carbocycles. The second-order valence-electron chi connectivity index (χ2n) is 17.9. The van der Waals surface area contributed by atoms with Crippen LogP contribution in [0.15, 0.2) is 207 Å². The molecule has 0 saturated carbocycles. The number of rotatable bonds is 8. The molecule has 14 rings (SSSR count). The zero-order valence-electron chi connectivity index (χ0n) is 35.2. The van der Waals surface area contributed by atoms with Crippen LogP contribution in [0.3, 0.4) is 0 Å². The van der Waals surface area contributed by atoms with Gasteiger partial charge in [0.15, 0.2) is 22.1 Å². The molecule has 2 heterocycles. The van der Waals surface area contributed by atoms with Gasteiger partial charge in [0, 0.05) is 11.1 Å². The van der Waals surface area contributed by atoms with Crippen LogP contribution in [0.1, 0.15) is 22.3 Å². The van der Waals surface area contributed by atoms with Gasteiger partial charge in [0.25, 0.3) is 0 Å². The summed E-state index contributed by atoms with van der Waals surface area (Å²) in [4.78, 5) is 0. The summed E-state index contributed by atoms with van der Waals surface area (Å²) in [6.07, 6.45) is 4.64. The first-order valence-electron chi connectivity index (χ1n) is 22.4. The van der Waals surface area contributed by atoms with Gasteiger partial charge in [0.05, 0.1) is 0 Å². The van der Waals surface area contributed by atoms with Crippen molar-refractivity contribution in [1.29, 1.82) is 0 Å².